The van der Waals surface area contributed by atoms with E-state index in [1.165, 1.54) is 6.07 Å². The van der Waals surface area contributed by atoms with Crippen molar-refractivity contribution in [3.63, 3.8) is 0 Å². The molecule has 0 spiro atoms. The predicted molar refractivity (Wildman–Crippen MR) is 128 cm³/mol. The molecule has 1 saturated heterocycles. The number of rotatable bonds is 8. The molecule has 0 bridgehead atoms. The first kappa shape index (κ1) is 22.9. The molecule has 10 heteroatoms. The van der Waals surface area contributed by atoms with Gasteiger partial charge in [0.05, 0.1) is 12.1 Å². The van der Waals surface area contributed by atoms with Crippen molar-refractivity contribution < 1.29 is 17.9 Å². The highest BCUT2D eigenvalue weighted by molar-refractivity contribution is 7.91. The number of anilines is 1. The summed E-state index contributed by atoms with van der Waals surface area (Å²) in [6, 6.07) is 16.4. The maximum atomic E-state index is 12.8. The fraction of sp³-hybridized carbons (Fsp3) is 0.273. The highest BCUT2D eigenvalue weighted by Crippen LogP contribution is 2.40. The normalized spacial score (nSPS) is 14.4. The average Bonchev–Trinajstić information content (AvgIpc) is 3.20. The molecule has 0 atom stereocenters. The van der Waals surface area contributed by atoms with Gasteiger partial charge in [0.2, 0.25) is 5.06 Å². The zero-order valence-electron chi connectivity index (χ0n) is 17.5. The van der Waals surface area contributed by atoms with Gasteiger partial charge >= 0.3 is 0 Å². The van der Waals surface area contributed by atoms with Gasteiger partial charge in [0, 0.05) is 44.5 Å². The van der Waals surface area contributed by atoms with E-state index in [9.17, 15) is 8.42 Å². The minimum absolute atomic E-state index is 0.0960. The first-order valence-electron chi connectivity index (χ1n) is 10.1. The molecular weight excluding hydrogens is 470 g/mol. The summed E-state index contributed by atoms with van der Waals surface area (Å²) in [5.74, 6) is 1.28. The number of hydrogen-bond donors (Lipinski definition) is 2. The Labute approximate surface area is 197 Å². The lowest BCUT2D eigenvalue weighted by atomic mass is 10.2. The van der Waals surface area contributed by atoms with Crippen LogP contribution in [-0.2, 0) is 16.6 Å². The summed E-state index contributed by atoms with van der Waals surface area (Å²) in [5, 5.41) is 3.92. The van der Waals surface area contributed by atoms with Crippen molar-refractivity contribution in [3.05, 3.63) is 65.2 Å². The minimum Gasteiger partial charge on any atom is -0.497 e. The monoisotopic (exact) mass is 493 g/mol. The van der Waals surface area contributed by atoms with Crippen LogP contribution in [0.3, 0.4) is 0 Å². The van der Waals surface area contributed by atoms with E-state index in [1.807, 2.05) is 36.4 Å². The van der Waals surface area contributed by atoms with E-state index < -0.39 is 10.0 Å². The maximum Gasteiger partial charge on any atom is 0.250 e. The van der Waals surface area contributed by atoms with E-state index in [1.54, 1.807) is 19.2 Å². The molecule has 1 aliphatic heterocycles. The SMILES string of the molecule is COc1cccc(CNS(=O)(=O)c2cc(Cl)c(Oc3cccc(N4CCNCC4)c3)s2)c1. The molecule has 0 aliphatic carbocycles. The van der Waals surface area contributed by atoms with E-state index in [4.69, 9.17) is 21.1 Å². The predicted octanol–water partition coefficient (Wildman–Crippen LogP) is 4.09. The molecule has 0 saturated carbocycles. The number of ether oxygens (including phenoxy) is 2. The molecule has 4 rings (SSSR count). The molecule has 170 valence electrons. The van der Waals surface area contributed by atoms with Crippen LogP contribution in [0.2, 0.25) is 5.02 Å². The average molecular weight is 494 g/mol. The van der Waals surface area contributed by atoms with Crippen LogP contribution in [0.15, 0.2) is 58.8 Å². The Hall–Kier alpha value is -2.30. The Bertz CT molecular complexity index is 1180. The molecule has 3 aromatic rings. The Morgan fingerprint density at radius 3 is 2.62 bits per heavy atom. The molecule has 2 aromatic carbocycles. The van der Waals surface area contributed by atoms with Gasteiger partial charge < -0.3 is 19.7 Å². The summed E-state index contributed by atoms with van der Waals surface area (Å²) in [5.41, 5.74) is 1.85. The van der Waals surface area contributed by atoms with E-state index in [0.29, 0.717) is 16.6 Å². The Morgan fingerprint density at radius 2 is 1.84 bits per heavy atom. The van der Waals surface area contributed by atoms with Crippen molar-refractivity contribution in [2.75, 3.05) is 38.2 Å². The van der Waals surface area contributed by atoms with Crippen molar-refractivity contribution in [2.24, 2.45) is 0 Å². The second-order valence-electron chi connectivity index (χ2n) is 7.21. The lowest BCUT2D eigenvalue weighted by molar-refractivity contribution is 0.414. The largest absolute Gasteiger partial charge is 0.497 e. The maximum absolute atomic E-state index is 12.8. The molecule has 0 amide bonds. The van der Waals surface area contributed by atoms with Crippen LogP contribution in [0.5, 0.6) is 16.6 Å². The second-order valence-corrected chi connectivity index (χ2v) is 10.6. The van der Waals surface area contributed by atoms with Crippen molar-refractivity contribution in [3.8, 4) is 16.6 Å². The Morgan fingerprint density at radius 1 is 1.09 bits per heavy atom. The molecule has 2 heterocycles. The fourth-order valence-corrected chi connectivity index (χ4v) is 6.00. The second kappa shape index (κ2) is 10.1. The van der Waals surface area contributed by atoms with Crippen LogP contribution in [0.4, 0.5) is 5.69 Å². The third-order valence-electron chi connectivity index (χ3n) is 5.01. The lowest BCUT2D eigenvalue weighted by Crippen LogP contribution is -2.43. The van der Waals surface area contributed by atoms with Crippen LogP contribution >= 0.6 is 22.9 Å². The number of nitrogens with zero attached hydrogens (tertiary/aromatic N) is 1. The van der Waals surface area contributed by atoms with Gasteiger partial charge in [0.1, 0.15) is 15.7 Å². The third kappa shape index (κ3) is 5.54. The highest BCUT2D eigenvalue weighted by Gasteiger charge is 2.21. The highest BCUT2D eigenvalue weighted by atomic mass is 35.5. The van der Waals surface area contributed by atoms with Gasteiger partial charge in [-0.3, -0.25) is 0 Å². The molecular formula is C22H24ClN3O4S2. The molecule has 0 unspecified atom stereocenters. The number of nitrogens with one attached hydrogen (secondary N) is 2. The van der Waals surface area contributed by atoms with Gasteiger partial charge in [0.25, 0.3) is 10.0 Å². The van der Waals surface area contributed by atoms with Crippen molar-refractivity contribution in [1.29, 1.82) is 0 Å². The van der Waals surface area contributed by atoms with Gasteiger partial charge in [-0.15, -0.1) is 0 Å². The molecule has 1 aromatic heterocycles. The number of piperazine rings is 1. The molecule has 2 N–H and O–H groups in total. The Balaban J connectivity index is 1.46. The van der Waals surface area contributed by atoms with Gasteiger partial charge in [-0.05, 0) is 35.9 Å². The topological polar surface area (TPSA) is 79.9 Å². The summed E-state index contributed by atoms with van der Waals surface area (Å²) in [6.45, 7) is 3.85. The van der Waals surface area contributed by atoms with Crippen molar-refractivity contribution in [2.45, 2.75) is 10.8 Å². The van der Waals surface area contributed by atoms with Gasteiger partial charge in [-0.2, -0.15) is 0 Å². The summed E-state index contributed by atoms with van der Waals surface area (Å²) >= 11 is 7.30. The van der Waals surface area contributed by atoms with Gasteiger partial charge in [-0.1, -0.05) is 41.1 Å². The number of sulfonamides is 1. The van der Waals surface area contributed by atoms with Gasteiger partial charge in [0.15, 0.2) is 0 Å². The summed E-state index contributed by atoms with van der Waals surface area (Å²) in [6.07, 6.45) is 0. The van der Waals surface area contributed by atoms with Crippen LogP contribution in [0.1, 0.15) is 5.56 Å². The first-order chi connectivity index (χ1) is 15.4. The van der Waals surface area contributed by atoms with Crippen LogP contribution in [-0.4, -0.2) is 41.7 Å². The van der Waals surface area contributed by atoms with E-state index in [2.05, 4.69) is 14.9 Å². The van der Waals surface area contributed by atoms with Crippen molar-refractivity contribution >= 4 is 38.6 Å². The summed E-state index contributed by atoms with van der Waals surface area (Å²) < 4.78 is 39.4. The van der Waals surface area contributed by atoms with E-state index in [0.717, 1.165) is 48.8 Å². The molecule has 1 fully saturated rings. The number of thiophene rings is 1. The van der Waals surface area contributed by atoms with Crippen LogP contribution < -0.4 is 24.4 Å². The van der Waals surface area contributed by atoms with E-state index in [-0.39, 0.29) is 15.8 Å². The smallest absolute Gasteiger partial charge is 0.250 e. The standard InChI is InChI=1S/C22H24ClN3O4S2/c1-29-18-6-2-4-16(12-18)15-25-32(27,28)21-14-20(23)22(31-21)30-19-7-3-5-17(13-19)26-10-8-24-9-11-26/h2-7,12-14,24-25H,8-11,15H2,1H3. The van der Waals surface area contributed by atoms with E-state index >= 15 is 0 Å². The third-order valence-corrected chi connectivity index (χ3v) is 8.29. The first-order valence-corrected chi connectivity index (χ1v) is 12.8. The summed E-state index contributed by atoms with van der Waals surface area (Å²) in [4.78, 5) is 2.28. The van der Waals surface area contributed by atoms with Crippen LogP contribution in [0, 0.1) is 0 Å². The molecule has 1 aliphatic rings. The summed E-state index contributed by atoms with van der Waals surface area (Å²) in [7, 11) is -2.18. The zero-order valence-corrected chi connectivity index (χ0v) is 19.9. The molecule has 7 nitrogen and oxygen atoms in total. The van der Waals surface area contributed by atoms with Gasteiger partial charge in [-0.25, -0.2) is 13.1 Å². The number of halogens is 1. The minimum atomic E-state index is -3.75. The lowest BCUT2D eigenvalue weighted by Gasteiger charge is -2.29. The number of methoxy groups -OCH3 is 1. The fourth-order valence-electron chi connectivity index (χ4n) is 3.34. The molecule has 32 heavy (non-hydrogen) atoms. The van der Waals surface area contributed by atoms with Crippen molar-refractivity contribution in [1.82, 2.24) is 10.0 Å². The zero-order chi connectivity index (χ0) is 22.6. The number of benzene rings is 2. The van der Waals surface area contributed by atoms with Crippen LogP contribution in [0.25, 0.3) is 0 Å². The quantitative estimate of drug-likeness (QED) is 0.492. The number of hydrogen-bond acceptors (Lipinski definition) is 7. The molecule has 0 radical (unpaired) electrons. The Kier molecular flexibility index (Phi) is 7.22.